The molecule has 10 heteroatoms. The van der Waals surface area contributed by atoms with Crippen LogP contribution in [0.5, 0.6) is 5.75 Å². The molecule has 1 heterocycles. The monoisotopic (exact) mass is 436 g/mol. The van der Waals surface area contributed by atoms with E-state index in [9.17, 15) is 14.7 Å². The predicted octanol–water partition coefficient (Wildman–Crippen LogP) is 3.65. The van der Waals surface area contributed by atoms with Crippen LogP contribution in [0.3, 0.4) is 0 Å². The fraction of sp³-hybridized carbons (Fsp3) is 0.111. The van der Waals surface area contributed by atoms with E-state index >= 15 is 0 Å². The molecule has 2 aromatic rings. The van der Waals surface area contributed by atoms with E-state index in [1.54, 1.807) is 30.3 Å². The van der Waals surface area contributed by atoms with Crippen LogP contribution in [0.15, 0.2) is 52.7 Å². The van der Waals surface area contributed by atoms with Gasteiger partial charge in [0.15, 0.2) is 5.17 Å². The number of hydrogen-bond donors (Lipinski definition) is 3. The molecule has 0 saturated carbocycles. The maximum atomic E-state index is 12.2. The first kappa shape index (κ1) is 20.2. The fourth-order valence-electron chi connectivity index (χ4n) is 2.29. The Labute approximate surface area is 174 Å². The predicted molar refractivity (Wildman–Crippen MR) is 112 cm³/mol. The zero-order valence-corrected chi connectivity index (χ0v) is 16.6. The number of benzene rings is 2. The van der Waals surface area contributed by atoms with Crippen LogP contribution in [0.4, 0.5) is 5.69 Å². The molecule has 3 N–H and O–H groups in total. The molecule has 1 aliphatic heterocycles. The Bertz CT molecular complexity index is 981. The van der Waals surface area contributed by atoms with Crippen molar-refractivity contribution in [3.8, 4) is 5.75 Å². The number of nitrogens with zero attached hydrogens (tertiary/aromatic N) is 2. The number of phenolic OH excluding ortho intramolecular Hbond substituents is 1. The molecule has 2 amide bonds. The van der Waals surface area contributed by atoms with Gasteiger partial charge in [-0.3, -0.25) is 9.59 Å². The van der Waals surface area contributed by atoms with Crippen molar-refractivity contribution >= 4 is 63.8 Å². The number of amides is 2. The van der Waals surface area contributed by atoms with Crippen molar-refractivity contribution in [1.29, 1.82) is 0 Å². The molecule has 0 spiro atoms. The van der Waals surface area contributed by atoms with Crippen molar-refractivity contribution in [1.82, 2.24) is 5.32 Å². The summed E-state index contributed by atoms with van der Waals surface area (Å²) in [6.07, 6.45) is 1.41. The lowest BCUT2D eigenvalue weighted by Crippen LogP contribution is -2.28. The van der Waals surface area contributed by atoms with Crippen LogP contribution < -0.4 is 10.6 Å². The zero-order chi connectivity index (χ0) is 20.1. The number of halogens is 2. The lowest BCUT2D eigenvalue weighted by Gasteiger charge is -2.08. The number of carbonyl (C=O) groups is 2. The van der Waals surface area contributed by atoms with E-state index in [4.69, 9.17) is 23.2 Å². The Hall–Kier alpha value is -2.55. The highest BCUT2D eigenvalue weighted by atomic mass is 35.5. The Kier molecular flexibility index (Phi) is 6.56. The fourth-order valence-corrected chi connectivity index (χ4v) is 3.52. The molecule has 0 bridgehead atoms. The standard InChI is InChI=1S/C18H14Cl2N4O3S/c19-13-5-4-11(7-14(13)20)22-16(26)8-15-17(27)23-18(28-15)24-21-9-10-2-1-3-12(25)6-10/h1-7,9,15,25H,8H2,(H,22,26)(H,23,24,27)/b21-9-/t15-/m1/s1. The van der Waals surface area contributed by atoms with E-state index in [0.717, 1.165) is 11.8 Å². The minimum absolute atomic E-state index is 0.0357. The smallest absolute Gasteiger partial charge is 0.240 e. The number of hydrogen-bond acceptors (Lipinski definition) is 6. The lowest BCUT2D eigenvalue weighted by atomic mass is 10.2. The van der Waals surface area contributed by atoms with E-state index in [2.05, 4.69) is 20.8 Å². The Balaban J connectivity index is 1.56. The maximum Gasteiger partial charge on any atom is 0.240 e. The molecule has 28 heavy (non-hydrogen) atoms. The van der Waals surface area contributed by atoms with Gasteiger partial charge in [0.1, 0.15) is 11.0 Å². The average Bonchev–Trinajstić information content (AvgIpc) is 2.97. The van der Waals surface area contributed by atoms with Gasteiger partial charge in [-0.1, -0.05) is 47.1 Å². The minimum Gasteiger partial charge on any atom is -0.508 e. The van der Waals surface area contributed by atoms with E-state index in [1.165, 1.54) is 18.3 Å². The van der Waals surface area contributed by atoms with E-state index in [0.29, 0.717) is 26.5 Å². The van der Waals surface area contributed by atoms with Crippen LogP contribution in [0.1, 0.15) is 12.0 Å². The summed E-state index contributed by atoms with van der Waals surface area (Å²) in [5.41, 5.74) is 1.16. The van der Waals surface area contributed by atoms with Gasteiger partial charge in [-0.15, -0.1) is 5.10 Å². The van der Waals surface area contributed by atoms with E-state index in [-0.39, 0.29) is 24.0 Å². The second-order valence-electron chi connectivity index (χ2n) is 5.72. The van der Waals surface area contributed by atoms with Crippen molar-refractivity contribution in [2.75, 3.05) is 5.32 Å². The molecule has 144 valence electrons. The van der Waals surface area contributed by atoms with Crippen LogP contribution in [0.2, 0.25) is 10.0 Å². The van der Waals surface area contributed by atoms with Gasteiger partial charge in [0.25, 0.3) is 0 Å². The number of rotatable bonds is 5. The van der Waals surface area contributed by atoms with Gasteiger partial charge in [0.2, 0.25) is 11.8 Å². The molecule has 3 rings (SSSR count). The number of amidine groups is 1. The molecule has 1 atom stereocenters. The Morgan fingerprint density at radius 1 is 1.25 bits per heavy atom. The molecule has 1 saturated heterocycles. The first-order valence-electron chi connectivity index (χ1n) is 8.03. The summed E-state index contributed by atoms with van der Waals surface area (Å²) < 4.78 is 0. The lowest BCUT2D eigenvalue weighted by molar-refractivity contribution is -0.122. The van der Waals surface area contributed by atoms with Crippen molar-refractivity contribution in [3.05, 3.63) is 58.1 Å². The van der Waals surface area contributed by atoms with Crippen LogP contribution in [-0.4, -0.2) is 33.6 Å². The minimum atomic E-state index is -0.613. The quantitative estimate of drug-likeness (QED) is 0.491. The van der Waals surface area contributed by atoms with Crippen LogP contribution in [0, 0.1) is 0 Å². The highest BCUT2D eigenvalue weighted by molar-refractivity contribution is 8.15. The van der Waals surface area contributed by atoms with Crippen LogP contribution in [-0.2, 0) is 9.59 Å². The number of aromatic hydroxyl groups is 1. The Morgan fingerprint density at radius 3 is 2.82 bits per heavy atom. The zero-order valence-electron chi connectivity index (χ0n) is 14.2. The average molecular weight is 437 g/mol. The molecule has 0 radical (unpaired) electrons. The first-order chi connectivity index (χ1) is 13.4. The summed E-state index contributed by atoms with van der Waals surface area (Å²) in [4.78, 5) is 24.2. The maximum absolute atomic E-state index is 12.2. The molecule has 1 aliphatic rings. The normalized spacial score (nSPS) is 17.9. The summed E-state index contributed by atoms with van der Waals surface area (Å²) in [7, 11) is 0. The summed E-state index contributed by atoms with van der Waals surface area (Å²) in [6.45, 7) is 0. The van der Waals surface area contributed by atoms with E-state index < -0.39 is 5.25 Å². The first-order valence-corrected chi connectivity index (χ1v) is 9.67. The van der Waals surface area contributed by atoms with Gasteiger partial charge in [-0.25, -0.2) is 0 Å². The van der Waals surface area contributed by atoms with Gasteiger partial charge in [-0.2, -0.15) is 5.10 Å². The molecule has 2 aromatic carbocycles. The SMILES string of the molecule is O=C(C[C@H]1S/C(=N/N=C\c2cccc(O)c2)NC1=O)Nc1ccc(Cl)c(Cl)c1. The molecule has 0 aliphatic carbocycles. The third-order valence-electron chi connectivity index (χ3n) is 3.58. The molecular formula is C18H14Cl2N4O3S. The van der Waals surface area contributed by atoms with E-state index in [1.807, 2.05) is 0 Å². The molecule has 0 unspecified atom stereocenters. The van der Waals surface area contributed by atoms with Gasteiger partial charge >= 0.3 is 0 Å². The number of carbonyl (C=O) groups excluding carboxylic acids is 2. The van der Waals surface area contributed by atoms with Gasteiger partial charge in [0, 0.05) is 12.1 Å². The van der Waals surface area contributed by atoms with Crippen molar-refractivity contribution < 1.29 is 14.7 Å². The summed E-state index contributed by atoms with van der Waals surface area (Å²) in [5.74, 6) is -0.538. The van der Waals surface area contributed by atoms with Crippen LogP contribution >= 0.6 is 35.0 Å². The second-order valence-corrected chi connectivity index (χ2v) is 7.73. The van der Waals surface area contributed by atoms with Crippen molar-refractivity contribution in [2.24, 2.45) is 10.2 Å². The summed E-state index contributed by atoms with van der Waals surface area (Å²) in [5, 5.41) is 22.9. The third kappa shape index (κ3) is 5.48. The largest absolute Gasteiger partial charge is 0.508 e. The number of anilines is 1. The van der Waals surface area contributed by atoms with Crippen molar-refractivity contribution in [2.45, 2.75) is 11.7 Å². The molecule has 1 fully saturated rings. The molecule has 0 aromatic heterocycles. The summed E-state index contributed by atoms with van der Waals surface area (Å²) >= 11 is 12.9. The number of nitrogens with one attached hydrogen (secondary N) is 2. The third-order valence-corrected chi connectivity index (χ3v) is 5.39. The van der Waals surface area contributed by atoms with Crippen molar-refractivity contribution in [3.63, 3.8) is 0 Å². The topological polar surface area (TPSA) is 103 Å². The Morgan fingerprint density at radius 2 is 2.07 bits per heavy atom. The van der Waals surface area contributed by atoms with Crippen LogP contribution in [0.25, 0.3) is 0 Å². The molecule has 7 nitrogen and oxygen atoms in total. The number of phenols is 1. The van der Waals surface area contributed by atoms with Gasteiger partial charge in [-0.05, 0) is 35.9 Å². The van der Waals surface area contributed by atoms with Gasteiger partial charge in [0.05, 0.1) is 16.3 Å². The van der Waals surface area contributed by atoms with Gasteiger partial charge < -0.3 is 15.7 Å². The summed E-state index contributed by atoms with van der Waals surface area (Å²) in [6, 6.07) is 11.2. The number of thioether (sulfide) groups is 1. The second kappa shape index (κ2) is 9.09. The molecular weight excluding hydrogens is 423 g/mol. The highest BCUT2D eigenvalue weighted by Gasteiger charge is 2.32. The highest BCUT2D eigenvalue weighted by Crippen LogP contribution is 2.26.